The molecule has 0 aliphatic rings. The van der Waals surface area contributed by atoms with E-state index in [1.54, 1.807) is 7.11 Å². The normalized spacial score (nSPS) is 10.4. The van der Waals surface area contributed by atoms with E-state index in [9.17, 15) is 0 Å². The van der Waals surface area contributed by atoms with Gasteiger partial charge < -0.3 is 10.1 Å². The second kappa shape index (κ2) is 6.57. The van der Waals surface area contributed by atoms with E-state index in [0.29, 0.717) is 0 Å². The summed E-state index contributed by atoms with van der Waals surface area (Å²) in [5.74, 6) is 0. The number of quaternary nitrogens is 1. The summed E-state index contributed by atoms with van der Waals surface area (Å²) in [5, 5.41) is 2.27. The van der Waals surface area contributed by atoms with Gasteiger partial charge in [-0.15, -0.1) is 0 Å². The molecule has 0 atom stereocenters. The van der Waals surface area contributed by atoms with Gasteiger partial charge in [-0.25, -0.2) is 0 Å². The van der Waals surface area contributed by atoms with Crippen molar-refractivity contribution >= 4 is 0 Å². The van der Waals surface area contributed by atoms with Crippen LogP contribution in [0.4, 0.5) is 0 Å². The van der Waals surface area contributed by atoms with Crippen LogP contribution in [0.15, 0.2) is 24.3 Å². The van der Waals surface area contributed by atoms with Crippen molar-refractivity contribution in [2.45, 2.75) is 19.9 Å². The molecule has 0 saturated carbocycles. The molecule has 0 aliphatic carbocycles. The maximum atomic E-state index is 4.99. The first-order valence-electron chi connectivity index (χ1n) is 5.25. The van der Waals surface area contributed by atoms with Gasteiger partial charge in [0.05, 0.1) is 13.2 Å². The summed E-state index contributed by atoms with van der Waals surface area (Å²) in [4.78, 5) is 0. The largest absolute Gasteiger partial charge is 0.379 e. The Kier molecular flexibility index (Phi) is 5.27. The summed E-state index contributed by atoms with van der Waals surface area (Å²) in [7, 11) is 1.74. The van der Waals surface area contributed by atoms with Gasteiger partial charge in [0.1, 0.15) is 6.54 Å². The Hall–Kier alpha value is -0.860. The van der Waals surface area contributed by atoms with Crippen molar-refractivity contribution in [2.75, 3.05) is 20.3 Å². The molecule has 1 aromatic carbocycles. The topological polar surface area (TPSA) is 25.8 Å². The van der Waals surface area contributed by atoms with Gasteiger partial charge in [-0.3, -0.25) is 0 Å². The zero-order valence-electron chi connectivity index (χ0n) is 9.12. The van der Waals surface area contributed by atoms with Gasteiger partial charge in [-0.1, -0.05) is 31.2 Å². The standard InChI is InChI=1S/C12H19NO/c1-3-11-4-6-12(7-5-11)10-13-8-9-14-2/h4-7,13H,3,8-10H2,1-2H3/p+1. The second-order valence-electron chi connectivity index (χ2n) is 3.44. The van der Waals surface area contributed by atoms with Gasteiger partial charge in [-0.2, -0.15) is 0 Å². The third-order valence-corrected chi connectivity index (χ3v) is 2.34. The molecule has 0 spiro atoms. The first-order valence-corrected chi connectivity index (χ1v) is 5.25. The van der Waals surface area contributed by atoms with Crippen molar-refractivity contribution in [3.63, 3.8) is 0 Å². The molecule has 0 saturated heterocycles. The molecule has 1 aromatic rings. The minimum atomic E-state index is 0.826. The maximum Gasteiger partial charge on any atom is 0.101 e. The number of benzene rings is 1. The van der Waals surface area contributed by atoms with E-state index >= 15 is 0 Å². The van der Waals surface area contributed by atoms with Gasteiger partial charge in [-0.05, 0) is 12.0 Å². The smallest absolute Gasteiger partial charge is 0.101 e. The Morgan fingerprint density at radius 3 is 2.36 bits per heavy atom. The van der Waals surface area contributed by atoms with Crippen LogP contribution in [0.25, 0.3) is 0 Å². The highest BCUT2D eigenvalue weighted by molar-refractivity contribution is 5.21. The second-order valence-corrected chi connectivity index (χ2v) is 3.44. The quantitative estimate of drug-likeness (QED) is 0.671. The van der Waals surface area contributed by atoms with E-state index in [-0.39, 0.29) is 0 Å². The average Bonchev–Trinajstić information content (AvgIpc) is 2.25. The molecule has 0 unspecified atom stereocenters. The van der Waals surface area contributed by atoms with Crippen LogP contribution in [-0.4, -0.2) is 20.3 Å². The molecule has 0 aliphatic heterocycles. The van der Waals surface area contributed by atoms with Gasteiger partial charge in [0.25, 0.3) is 0 Å². The Bertz CT molecular complexity index is 243. The highest BCUT2D eigenvalue weighted by Crippen LogP contribution is 2.03. The van der Waals surface area contributed by atoms with Gasteiger partial charge in [0, 0.05) is 12.7 Å². The lowest BCUT2D eigenvalue weighted by molar-refractivity contribution is -0.671. The fraction of sp³-hybridized carbons (Fsp3) is 0.500. The summed E-state index contributed by atoms with van der Waals surface area (Å²) >= 11 is 0. The lowest BCUT2D eigenvalue weighted by Crippen LogP contribution is -2.83. The highest BCUT2D eigenvalue weighted by atomic mass is 16.5. The number of hydrogen-bond donors (Lipinski definition) is 1. The molecule has 1 rings (SSSR count). The number of rotatable bonds is 6. The van der Waals surface area contributed by atoms with E-state index in [2.05, 4.69) is 36.5 Å². The Morgan fingerprint density at radius 2 is 1.79 bits per heavy atom. The minimum absolute atomic E-state index is 0.826. The molecule has 0 fully saturated rings. The van der Waals surface area contributed by atoms with Crippen LogP contribution in [0.2, 0.25) is 0 Å². The van der Waals surface area contributed by atoms with Crippen LogP contribution >= 0.6 is 0 Å². The van der Waals surface area contributed by atoms with Gasteiger partial charge >= 0.3 is 0 Å². The molecular weight excluding hydrogens is 174 g/mol. The third-order valence-electron chi connectivity index (χ3n) is 2.34. The Balaban J connectivity index is 2.29. The predicted octanol–water partition coefficient (Wildman–Crippen LogP) is 0.959. The van der Waals surface area contributed by atoms with Crippen LogP contribution in [0.5, 0.6) is 0 Å². The molecule has 0 heterocycles. The fourth-order valence-electron chi connectivity index (χ4n) is 1.38. The molecule has 2 nitrogen and oxygen atoms in total. The lowest BCUT2D eigenvalue weighted by Gasteiger charge is -2.02. The van der Waals surface area contributed by atoms with Crippen LogP contribution in [0.3, 0.4) is 0 Å². The monoisotopic (exact) mass is 194 g/mol. The van der Waals surface area contributed by atoms with E-state index < -0.39 is 0 Å². The SMILES string of the molecule is CCc1ccc(C[NH2+]CCOC)cc1. The van der Waals surface area contributed by atoms with Crippen molar-refractivity contribution < 1.29 is 10.1 Å². The molecule has 0 aromatic heterocycles. The molecule has 14 heavy (non-hydrogen) atoms. The summed E-state index contributed by atoms with van der Waals surface area (Å²) in [6, 6.07) is 8.84. The molecule has 2 heteroatoms. The molecule has 2 N–H and O–H groups in total. The van der Waals surface area contributed by atoms with E-state index in [1.165, 1.54) is 11.1 Å². The summed E-state index contributed by atoms with van der Waals surface area (Å²) in [6.07, 6.45) is 1.12. The summed E-state index contributed by atoms with van der Waals surface area (Å²) in [5.41, 5.74) is 2.80. The van der Waals surface area contributed by atoms with Crippen molar-refractivity contribution in [2.24, 2.45) is 0 Å². The molecule has 0 radical (unpaired) electrons. The molecule has 78 valence electrons. The number of aryl methyl sites for hydroxylation is 1. The number of ether oxygens (including phenoxy) is 1. The van der Waals surface area contributed by atoms with Crippen molar-refractivity contribution in [1.82, 2.24) is 0 Å². The fourth-order valence-corrected chi connectivity index (χ4v) is 1.38. The predicted molar refractivity (Wildman–Crippen MR) is 58.2 cm³/mol. The van der Waals surface area contributed by atoms with Crippen LogP contribution < -0.4 is 5.32 Å². The molecule has 0 amide bonds. The van der Waals surface area contributed by atoms with E-state index in [1.807, 2.05) is 0 Å². The first-order chi connectivity index (χ1) is 6.86. The van der Waals surface area contributed by atoms with Crippen molar-refractivity contribution in [3.05, 3.63) is 35.4 Å². The van der Waals surface area contributed by atoms with Crippen LogP contribution in [0.1, 0.15) is 18.1 Å². The summed E-state index contributed by atoms with van der Waals surface area (Å²) < 4.78 is 4.99. The molecule has 0 bridgehead atoms. The molecular formula is C12H20NO+. The van der Waals surface area contributed by atoms with Crippen LogP contribution in [0, 0.1) is 0 Å². The van der Waals surface area contributed by atoms with E-state index in [0.717, 1.165) is 26.1 Å². The zero-order chi connectivity index (χ0) is 10.2. The zero-order valence-corrected chi connectivity index (χ0v) is 9.12. The minimum Gasteiger partial charge on any atom is -0.379 e. The average molecular weight is 194 g/mol. The van der Waals surface area contributed by atoms with Gasteiger partial charge in [0.15, 0.2) is 0 Å². The maximum absolute atomic E-state index is 4.99. The van der Waals surface area contributed by atoms with Crippen molar-refractivity contribution in [1.29, 1.82) is 0 Å². The highest BCUT2D eigenvalue weighted by Gasteiger charge is 1.95. The Morgan fingerprint density at radius 1 is 1.14 bits per heavy atom. The van der Waals surface area contributed by atoms with Crippen molar-refractivity contribution in [3.8, 4) is 0 Å². The number of nitrogens with two attached hydrogens (primary N) is 1. The third kappa shape index (κ3) is 3.90. The summed E-state index contributed by atoms with van der Waals surface area (Å²) in [6.45, 7) is 5.09. The Labute approximate surface area is 86.3 Å². The number of methoxy groups -OCH3 is 1. The first kappa shape index (κ1) is 11.2. The van der Waals surface area contributed by atoms with Gasteiger partial charge in [0.2, 0.25) is 0 Å². The van der Waals surface area contributed by atoms with Crippen LogP contribution in [-0.2, 0) is 17.7 Å². The number of hydrogen-bond acceptors (Lipinski definition) is 1. The van der Waals surface area contributed by atoms with E-state index in [4.69, 9.17) is 4.74 Å². The lowest BCUT2D eigenvalue weighted by atomic mass is 10.1.